The molecule has 1 aliphatic rings. The molecule has 19 heavy (non-hydrogen) atoms. The maximum Gasteiger partial charge on any atom is 0.305 e. The van der Waals surface area contributed by atoms with Crippen molar-refractivity contribution < 1.29 is 14.1 Å². The number of nitrogens with zero attached hydrogens (tertiary/aromatic N) is 1. The second-order valence-corrected chi connectivity index (χ2v) is 5.51. The molecule has 0 radical (unpaired) electrons. The van der Waals surface area contributed by atoms with Gasteiger partial charge in [-0.15, -0.1) is 0 Å². The van der Waals surface area contributed by atoms with Gasteiger partial charge in [0.2, 0.25) is 5.82 Å². The van der Waals surface area contributed by atoms with Crippen LogP contribution < -0.4 is 5.32 Å². The van der Waals surface area contributed by atoms with E-state index in [1.54, 1.807) is 0 Å². The van der Waals surface area contributed by atoms with Gasteiger partial charge in [0, 0.05) is 18.2 Å². The zero-order valence-electron chi connectivity index (χ0n) is 10.1. The highest BCUT2D eigenvalue weighted by molar-refractivity contribution is 7.99. The molecule has 1 fully saturated rings. The topological polar surface area (TPSA) is 72.2 Å². The number of benzene rings is 1. The van der Waals surface area contributed by atoms with Crippen LogP contribution in [0, 0.1) is 21.8 Å². The molecule has 0 spiro atoms. The number of hydrogen-bond donors (Lipinski definition) is 1. The van der Waals surface area contributed by atoms with Crippen molar-refractivity contribution in [2.75, 3.05) is 18.1 Å². The van der Waals surface area contributed by atoms with Gasteiger partial charge in [-0.3, -0.25) is 14.9 Å². The Morgan fingerprint density at radius 3 is 3.00 bits per heavy atom. The summed E-state index contributed by atoms with van der Waals surface area (Å²) in [5.74, 6) is 1.23. The van der Waals surface area contributed by atoms with E-state index in [1.165, 1.54) is 6.07 Å². The predicted octanol–water partition coefficient (Wildman–Crippen LogP) is 2.22. The summed E-state index contributed by atoms with van der Waals surface area (Å²) in [7, 11) is 0. The Hall–Kier alpha value is -1.63. The zero-order chi connectivity index (χ0) is 13.8. The number of hydrogen-bond acceptors (Lipinski definition) is 4. The van der Waals surface area contributed by atoms with E-state index in [0.717, 1.165) is 30.1 Å². The summed E-state index contributed by atoms with van der Waals surface area (Å²) in [6, 6.07) is 3.16. The first-order valence-electron chi connectivity index (χ1n) is 5.88. The Morgan fingerprint density at radius 2 is 2.37 bits per heavy atom. The van der Waals surface area contributed by atoms with E-state index in [9.17, 15) is 19.3 Å². The highest BCUT2D eigenvalue weighted by atomic mass is 32.2. The molecule has 1 aliphatic heterocycles. The van der Waals surface area contributed by atoms with Gasteiger partial charge in [-0.25, -0.2) is 0 Å². The summed E-state index contributed by atoms with van der Waals surface area (Å²) in [4.78, 5) is 21.6. The predicted molar refractivity (Wildman–Crippen MR) is 70.8 cm³/mol. The van der Waals surface area contributed by atoms with E-state index in [0.29, 0.717) is 12.5 Å². The maximum absolute atomic E-state index is 13.1. The van der Waals surface area contributed by atoms with E-state index >= 15 is 0 Å². The lowest BCUT2D eigenvalue weighted by Gasteiger charge is -2.09. The van der Waals surface area contributed by atoms with Crippen LogP contribution in [-0.4, -0.2) is 28.9 Å². The number of thioether (sulfide) groups is 1. The fraction of sp³-hybridized carbons (Fsp3) is 0.417. The number of halogens is 1. The summed E-state index contributed by atoms with van der Waals surface area (Å²) in [6.45, 7) is 0.553. The summed E-state index contributed by atoms with van der Waals surface area (Å²) < 4.78 is 13.1. The molecule has 1 aromatic rings. The first-order valence-corrected chi connectivity index (χ1v) is 7.03. The number of rotatable bonds is 4. The minimum Gasteiger partial charge on any atom is -0.352 e. The zero-order valence-corrected chi connectivity index (χ0v) is 10.9. The SMILES string of the molecule is O=C(NCC1CCSC1)c1ccc(F)c([N+](=O)[O-])c1. The van der Waals surface area contributed by atoms with Gasteiger partial charge < -0.3 is 5.32 Å². The van der Waals surface area contributed by atoms with Gasteiger partial charge in [0.15, 0.2) is 0 Å². The molecule has 1 atom stereocenters. The number of nitro groups is 1. The van der Waals surface area contributed by atoms with Gasteiger partial charge in [-0.1, -0.05) is 0 Å². The van der Waals surface area contributed by atoms with E-state index in [2.05, 4.69) is 5.32 Å². The molecule has 1 heterocycles. The van der Waals surface area contributed by atoms with Crippen molar-refractivity contribution in [3.05, 3.63) is 39.7 Å². The molecule has 1 N–H and O–H groups in total. The Morgan fingerprint density at radius 1 is 1.58 bits per heavy atom. The van der Waals surface area contributed by atoms with Crippen LogP contribution in [0.2, 0.25) is 0 Å². The van der Waals surface area contributed by atoms with Gasteiger partial charge in [0.1, 0.15) is 0 Å². The maximum atomic E-state index is 13.1. The third-order valence-corrected chi connectivity index (χ3v) is 4.21. The van der Waals surface area contributed by atoms with Crippen molar-refractivity contribution >= 4 is 23.4 Å². The first-order chi connectivity index (χ1) is 9.08. The molecule has 102 valence electrons. The molecule has 2 rings (SSSR count). The van der Waals surface area contributed by atoms with Crippen LogP contribution in [0.4, 0.5) is 10.1 Å². The van der Waals surface area contributed by atoms with Crippen LogP contribution in [-0.2, 0) is 0 Å². The molecule has 1 amide bonds. The molecule has 1 aromatic carbocycles. The summed E-state index contributed by atoms with van der Waals surface area (Å²) >= 11 is 1.85. The molecule has 0 saturated carbocycles. The van der Waals surface area contributed by atoms with Crippen LogP contribution >= 0.6 is 11.8 Å². The average Bonchev–Trinajstić information content (AvgIpc) is 2.89. The van der Waals surface area contributed by atoms with E-state index < -0.39 is 22.3 Å². The lowest BCUT2D eigenvalue weighted by molar-refractivity contribution is -0.387. The molecular formula is C12H13FN2O3S. The number of carbonyl (C=O) groups excluding carboxylic acids is 1. The van der Waals surface area contributed by atoms with Crippen LogP contribution in [0.5, 0.6) is 0 Å². The number of amides is 1. The number of nitro benzene ring substituents is 1. The van der Waals surface area contributed by atoms with Crippen LogP contribution in [0.1, 0.15) is 16.8 Å². The number of nitrogens with one attached hydrogen (secondary N) is 1. The quantitative estimate of drug-likeness (QED) is 0.679. The first kappa shape index (κ1) is 13.8. The van der Waals surface area contributed by atoms with E-state index in [-0.39, 0.29) is 5.56 Å². The molecular weight excluding hydrogens is 271 g/mol. The minimum absolute atomic E-state index is 0.110. The highest BCUT2D eigenvalue weighted by Gasteiger charge is 2.19. The monoisotopic (exact) mass is 284 g/mol. The Kier molecular flexibility index (Phi) is 4.36. The standard InChI is InChI=1S/C12H13FN2O3S/c13-10-2-1-9(5-11(10)15(17)18)12(16)14-6-8-3-4-19-7-8/h1-2,5,8H,3-4,6-7H2,(H,14,16). The summed E-state index contributed by atoms with van der Waals surface area (Å²) in [6.07, 6.45) is 1.06. The van der Waals surface area contributed by atoms with Gasteiger partial charge >= 0.3 is 5.69 Å². The molecule has 0 aromatic heterocycles. The molecule has 1 saturated heterocycles. The molecule has 5 nitrogen and oxygen atoms in total. The van der Waals surface area contributed by atoms with E-state index in [4.69, 9.17) is 0 Å². The third kappa shape index (κ3) is 3.44. The van der Waals surface area contributed by atoms with Gasteiger partial charge in [0.25, 0.3) is 5.91 Å². The number of carbonyl (C=O) groups is 1. The Balaban J connectivity index is 2.02. The fourth-order valence-electron chi connectivity index (χ4n) is 1.88. The van der Waals surface area contributed by atoms with E-state index in [1.807, 2.05) is 11.8 Å². The summed E-state index contributed by atoms with van der Waals surface area (Å²) in [5, 5.41) is 13.3. The summed E-state index contributed by atoms with van der Waals surface area (Å²) in [5.41, 5.74) is -0.567. The van der Waals surface area contributed by atoms with Gasteiger partial charge in [-0.2, -0.15) is 16.2 Å². The second kappa shape index (κ2) is 6.01. The minimum atomic E-state index is -0.936. The van der Waals surface area contributed by atoms with Crippen molar-refractivity contribution in [3.8, 4) is 0 Å². The Bertz CT molecular complexity index is 504. The average molecular weight is 284 g/mol. The molecule has 0 aliphatic carbocycles. The largest absolute Gasteiger partial charge is 0.352 e. The third-order valence-electron chi connectivity index (χ3n) is 2.98. The fourth-order valence-corrected chi connectivity index (χ4v) is 3.16. The van der Waals surface area contributed by atoms with Gasteiger partial charge in [-0.05, 0) is 36.0 Å². The smallest absolute Gasteiger partial charge is 0.305 e. The Labute approximate surface area is 113 Å². The van der Waals surface area contributed by atoms with Crippen molar-refractivity contribution in [2.24, 2.45) is 5.92 Å². The molecule has 7 heteroatoms. The normalized spacial score (nSPS) is 18.3. The van der Waals surface area contributed by atoms with Crippen LogP contribution in [0.15, 0.2) is 18.2 Å². The van der Waals surface area contributed by atoms with Crippen LogP contribution in [0.3, 0.4) is 0 Å². The van der Waals surface area contributed by atoms with Crippen molar-refractivity contribution in [3.63, 3.8) is 0 Å². The highest BCUT2D eigenvalue weighted by Crippen LogP contribution is 2.23. The van der Waals surface area contributed by atoms with Crippen molar-refractivity contribution in [1.82, 2.24) is 5.32 Å². The van der Waals surface area contributed by atoms with Crippen LogP contribution in [0.25, 0.3) is 0 Å². The van der Waals surface area contributed by atoms with Crippen molar-refractivity contribution in [2.45, 2.75) is 6.42 Å². The second-order valence-electron chi connectivity index (χ2n) is 4.36. The van der Waals surface area contributed by atoms with Gasteiger partial charge in [0.05, 0.1) is 4.92 Å². The molecule has 0 bridgehead atoms. The lowest BCUT2D eigenvalue weighted by atomic mass is 10.1. The lowest BCUT2D eigenvalue weighted by Crippen LogP contribution is -2.29. The molecule has 1 unspecified atom stereocenters. The van der Waals surface area contributed by atoms with Crippen molar-refractivity contribution in [1.29, 1.82) is 0 Å².